The van der Waals surface area contributed by atoms with Gasteiger partial charge in [0.15, 0.2) is 0 Å². The predicted octanol–water partition coefficient (Wildman–Crippen LogP) is 3.14. The maximum absolute atomic E-state index is 12.4. The summed E-state index contributed by atoms with van der Waals surface area (Å²) in [5.41, 5.74) is 1.44. The van der Waals surface area contributed by atoms with Crippen molar-refractivity contribution < 1.29 is 18.7 Å². The smallest absolute Gasteiger partial charge is 0.246 e. The normalized spacial score (nSPS) is 20.9. The Kier molecular flexibility index (Phi) is 5.02. The van der Waals surface area contributed by atoms with Crippen LogP contribution in [0, 0.1) is 0 Å². The quantitative estimate of drug-likeness (QED) is 0.764. The van der Waals surface area contributed by atoms with Gasteiger partial charge in [0.05, 0.1) is 19.4 Å². The van der Waals surface area contributed by atoms with Crippen molar-refractivity contribution in [2.24, 2.45) is 0 Å². The van der Waals surface area contributed by atoms with E-state index in [1.807, 2.05) is 24.3 Å². The average Bonchev–Trinajstić information content (AvgIpc) is 3.09. The van der Waals surface area contributed by atoms with Gasteiger partial charge in [0.1, 0.15) is 11.2 Å². The molecule has 2 aromatic rings. The Bertz CT molecular complexity index is 715. The molecule has 0 radical (unpaired) electrons. The molecule has 5 nitrogen and oxygen atoms in total. The van der Waals surface area contributed by atoms with Gasteiger partial charge in [0, 0.05) is 25.6 Å². The highest BCUT2D eigenvalue weighted by atomic mass is 16.5. The van der Waals surface area contributed by atoms with E-state index >= 15 is 0 Å². The van der Waals surface area contributed by atoms with Crippen molar-refractivity contribution in [3.8, 4) is 0 Å². The average molecular weight is 329 g/mol. The van der Waals surface area contributed by atoms with Crippen LogP contribution in [0.3, 0.4) is 0 Å². The van der Waals surface area contributed by atoms with Crippen LogP contribution in [-0.4, -0.2) is 43.3 Å². The number of rotatable bonds is 6. The first kappa shape index (κ1) is 16.7. The fraction of sp³-hybridized carbons (Fsp3) is 0.421. The second-order valence-electron chi connectivity index (χ2n) is 6.23. The second kappa shape index (κ2) is 7.20. The molecule has 1 aromatic carbocycles. The minimum atomic E-state index is -0.448. The summed E-state index contributed by atoms with van der Waals surface area (Å²) in [6.07, 6.45) is 4.83. The van der Waals surface area contributed by atoms with E-state index in [0.29, 0.717) is 19.7 Å². The largest absolute Gasteiger partial charge is 0.464 e. The molecule has 24 heavy (non-hydrogen) atoms. The van der Waals surface area contributed by atoms with Crippen LogP contribution in [0.4, 0.5) is 0 Å². The van der Waals surface area contributed by atoms with Gasteiger partial charge in [-0.05, 0) is 42.7 Å². The molecule has 0 bridgehead atoms. The van der Waals surface area contributed by atoms with Crippen LogP contribution in [-0.2, 0) is 20.8 Å². The van der Waals surface area contributed by atoms with E-state index in [4.69, 9.17) is 13.9 Å². The SMILES string of the molecule is C=CC(=O)N(Cc1ccc2occc2c1)CC1(OC)CCCOC1. The third-order valence-corrected chi connectivity index (χ3v) is 4.57. The molecular weight excluding hydrogens is 306 g/mol. The molecule has 0 N–H and O–H groups in total. The van der Waals surface area contributed by atoms with E-state index in [1.165, 1.54) is 6.08 Å². The number of furan rings is 1. The minimum Gasteiger partial charge on any atom is -0.464 e. The van der Waals surface area contributed by atoms with Gasteiger partial charge < -0.3 is 18.8 Å². The zero-order chi connectivity index (χ0) is 17.0. The number of nitrogens with zero attached hydrogens (tertiary/aromatic N) is 1. The highest BCUT2D eigenvalue weighted by Gasteiger charge is 2.35. The van der Waals surface area contributed by atoms with Crippen LogP contribution < -0.4 is 0 Å². The van der Waals surface area contributed by atoms with Gasteiger partial charge in [0.25, 0.3) is 0 Å². The third kappa shape index (κ3) is 3.52. The summed E-state index contributed by atoms with van der Waals surface area (Å²) >= 11 is 0. The topological polar surface area (TPSA) is 51.9 Å². The Morgan fingerprint density at radius 2 is 2.33 bits per heavy atom. The molecule has 2 heterocycles. The second-order valence-corrected chi connectivity index (χ2v) is 6.23. The summed E-state index contributed by atoms with van der Waals surface area (Å²) in [5.74, 6) is -0.107. The summed E-state index contributed by atoms with van der Waals surface area (Å²) in [6, 6.07) is 7.87. The number of benzene rings is 1. The molecule has 1 saturated heterocycles. The maximum atomic E-state index is 12.4. The van der Waals surface area contributed by atoms with Gasteiger partial charge in [-0.15, -0.1) is 0 Å². The number of hydrogen-bond donors (Lipinski definition) is 0. The summed E-state index contributed by atoms with van der Waals surface area (Å²) in [6.45, 7) is 5.86. The van der Waals surface area contributed by atoms with Gasteiger partial charge in [0.2, 0.25) is 5.91 Å². The lowest BCUT2D eigenvalue weighted by atomic mass is 9.95. The van der Waals surface area contributed by atoms with Crippen molar-refractivity contribution in [1.82, 2.24) is 4.90 Å². The van der Waals surface area contributed by atoms with E-state index in [2.05, 4.69) is 6.58 Å². The van der Waals surface area contributed by atoms with Gasteiger partial charge in [-0.1, -0.05) is 12.6 Å². The van der Waals surface area contributed by atoms with E-state index in [-0.39, 0.29) is 5.91 Å². The first-order chi connectivity index (χ1) is 11.7. The van der Waals surface area contributed by atoms with Crippen molar-refractivity contribution >= 4 is 16.9 Å². The van der Waals surface area contributed by atoms with Gasteiger partial charge in [-0.3, -0.25) is 4.79 Å². The van der Waals surface area contributed by atoms with E-state index in [9.17, 15) is 4.79 Å². The lowest BCUT2D eigenvalue weighted by Gasteiger charge is -2.39. The molecule has 0 spiro atoms. The molecule has 3 rings (SSSR count). The zero-order valence-electron chi connectivity index (χ0n) is 14.0. The molecule has 1 amide bonds. The molecule has 1 aromatic heterocycles. The molecule has 0 saturated carbocycles. The first-order valence-corrected chi connectivity index (χ1v) is 8.16. The number of amides is 1. The predicted molar refractivity (Wildman–Crippen MR) is 91.6 cm³/mol. The lowest BCUT2D eigenvalue weighted by molar-refractivity contribution is -0.143. The first-order valence-electron chi connectivity index (χ1n) is 8.16. The van der Waals surface area contributed by atoms with Gasteiger partial charge in [-0.2, -0.15) is 0 Å². The highest BCUT2D eigenvalue weighted by Crippen LogP contribution is 2.26. The van der Waals surface area contributed by atoms with Crippen molar-refractivity contribution in [3.63, 3.8) is 0 Å². The summed E-state index contributed by atoms with van der Waals surface area (Å²) in [5, 5.41) is 1.03. The molecule has 1 fully saturated rings. The Balaban J connectivity index is 1.80. The fourth-order valence-corrected chi connectivity index (χ4v) is 3.20. The number of methoxy groups -OCH3 is 1. The van der Waals surface area contributed by atoms with Crippen LogP contribution in [0.5, 0.6) is 0 Å². The van der Waals surface area contributed by atoms with Gasteiger partial charge >= 0.3 is 0 Å². The molecule has 5 heteroatoms. The summed E-state index contributed by atoms with van der Waals surface area (Å²) in [4.78, 5) is 14.1. The van der Waals surface area contributed by atoms with Crippen molar-refractivity contribution in [1.29, 1.82) is 0 Å². The standard InChI is InChI=1S/C19H23NO4/c1-3-18(21)20(13-19(22-2)8-4-9-23-14-19)12-15-5-6-17-16(11-15)7-10-24-17/h3,5-7,10-11H,1,4,8-9,12-14H2,2H3. The molecule has 1 unspecified atom stereocenters. The molecule has 1 atom stereocenters. The molecule has 1 aliphatic rings. The molecule has 0 aliphatic carbocycles. The van der Waals surface area contributed by atoms with E-state index in [0.717, 1.165) is 36.0 Å². The monoisotopic (exact) mass is 329 g/mol. The molecular formula is C19H23NO4. The summed E-state index contributed by atoms with van der Waals surface area (Å²) < 4.78 is 16.7. The molecule has 1 aliphatic heterocycles. The van der Waals surface area contributed by atoms with Crippen molar-refractivity contribution in [2.45, 2.75) is 25.0 Å². The fourth-order valence-electron chi connectivity index (χ4n) is 3.20. The number of fused-ring (bicyclic) bond motifs is 1. The minimum absolute atomic E-state index is 0.107. The van der Waals surface area contributed by atoms with E-state index < -0.39 is 5.60 Å². The van der Waals surface area contributed by atoms with Crippen LogP contribution in [0.1, 0.15) is 18.4 Å². The highest BCUT2D eigenvalue weighted by molar-refractivity contribution is 5.87. The van der Waals surface area contributed by atoms with Crippen LogP contribution in [0.2, 0.25) is 0 Å². The number of hydrogen-bond acceptors (Lipinski definition) is 4. The van der Waals surface area contributed by atoms with Crippen molar-refractivity contribution in [3.05, 3.63) is 48.7 Å². The Morgan fingerprint density at radius 3 is 3.04 bits per heavy atom. The van der Waals surface area contributed by atoms with Crippen LogP contribution in [0.15, 0.2) is 47.6 Å². The number of carbonyl (C=O) groups is 1. The van der Waals surface area contributed by atoms with Crippen LogP contribution in [0.25, 0.3) is 11.0 Å². The Hall–Kier alpha value is -2.11. The lowest BCUT2D eigenvalue weighted by Crippen LogP contribution is -2.51. The Morgan fingerprint density at radius 1 is 1.46 bits per heavy atom. The van der Waals surface area contributed by atoms with Gasteiger partial charge in [-0.25, -0.2) is 0 Å². The third-order valence-electron chi connectivity index (χ3n) is 4.57. The van der Waals surface area contributed by atoms with Crippen LogP contribution >= 0.6 is 0 Å². The maximum Gasteiger partial charge on any atom is 0.246 e. The Labute approximate surface area is 141 Å². The number of carbonyl (C=O) groups excluding carboxylic acids is 1. The summed E-state index contributed by atoms with van der Waals surface area (Å²) in [7, 11) is 1.68. The molecule has 128 valence electrons. The van der Waals surface area contributed by atoms with E-state index in [1.54, 1.807) is 18.3 Å². The zero-order valence-corrected chi connectivity index (χ0v) is 14.0. The van der Waals surface area contributed by atoms with Crippen molar-refractivity contribution in [2.75, 3.05) is 26.9 Å². The number of ether oxygens (including phenoxy) is 2.